The van der Waals surface area contributed by atoms with Gasteiger partial charge in [-0.05, 0) is 41.3 Å². The Balaban J connectivity index is 1.32. The molecule has 0 spiro atoms. The van der Waals surface area contributed by atoms with Gasteiger partial charge in [0.05, 0.1) is 37.4 Å². The molecule has 182 valence electrons. The van der Waals surface area contributed by atoms with E-state index in [1.807, 2.05) is 54.0 Å². The Hall–Kier alpha value is -3.43. The summed E-state index contributed by atoms with van der Waals surface area (Å²) in [4.78, 5) is 23.5. The molecular formula is C26H29N5O3S. The number of anilines is 1. The summed E-state index contributed by atoms with van der Waals surface area (Å²) in [5.41, 5.74) is 1.92. The molecule has 2 aliphatic heterocycles. The van der Waals surface area contributed by atoms with Gasteiger partial charge in [-0.1, -0.05) is 18.2 Å². The van der Waals surface area contributed by atoms with Gasteiger partial charge >= 0.3 is 0 Å². The van der Waals surface area contributed by atoms with Gasteiger partial charge in [-0.3, -0.25) is 9.69 Å². The van der Waals surface area contributed by atoms with Gasteiger partial charge in [0, 0.05) is 38.8 Å². The molecule has 1 atom stereocenters. The van der Waals surface area contributed by atoms with E-state index in [1.165, 1.54) is 0 Å². The summed E-state index contributed by atoms with van der Waals surface area (Å²) in [6.07, 6.45) is 2.48. The number of carbonyl (C=O) groups is 1. The van der Waals surface area contributed by atoms with Crippen LogP contribution < -0.4 is 14.4 Å². The van der Waals surface area contributed by atoms with E-state index in [9.17, 15) is 4.79 Å². The highest BCUT2D eigenvalue weighted by Crippen LogP contribution is 2.38. The fraction of sp³-hybridized carbons (Fsp3) is 0.346. The summed E-state index contributed by atoms with van der Waals surface area (Å²) in [6, 6.07) is 15.7. The third kappa shape index (κ3) is 5.01. The number of ether oxygens (including phenoxy) is 2. The number of benzene rings is 1. The first-order valence-corrected chi connectivity index (χ1v) is 12.6. The number of nitrogens with zero attached hydrogens (tertiary/aromatic N) is 5. The van der Waals surface area contributed by atoms with E-state index in [4.69, 9.17) is 14.6 Å². The van der Waals surface area contributed by atoms with E-state index in [-0.39, 0.29) is 11.9 Å². The van der Waals surface area contributed by atoms with Crippen LogP contribution in [-0.4, -0.2) is 73.5 Å². The Morgan fingerprint density at radius 3 is 2.54 bits per heavy atom. The maximum atomic E-state index is 13.5. The zero-order chi connectivity index (χ0) is 24.2. The van der Waals surface area contributed by atoms with Crippen molar-refractivity contribution in [2.45, 2.75) is 12.5 Å². The number of rotatable bonds is 7. The van der Waals surface area contributed by atoms with Crippen LogP contribution in [0.4, 0.5) is 5.82 Å². The molecule has 3 aromatic rings. The zero-order valence-corrected chi connectivity index (χ0v) is 20.8. The van der Waals surface area contributed by atoms with Crippen LogP contribution >= 0.6 is 11.3 Å². The molecule has 0 N–H and O–H groups in total. The molecule has 1 fully saturated rings. The second-order valence-corrected chi connectivity index (χ2v) is 9.50. The van der Waals surface area contributed by atoms with E-state index < -0.39 is 0 Å². The van der Waals surface area contributed by atoms with Gasteiger partial charge in [0.2, 0.25) is 0 Å². The Kier molecular flexibility index (Phi) is 6.96. The SMILES string of the molecule is COc1ccc([C@@H]2CC(c3cccs3)=NN2C(=O)CN2CCN(c3ccccn3)CC2)cc1OC. The van der Waals surface area contributed by atoms with E-state index in [1.54, 1.807) is 30.6 Å². The number of thiophene rings is 1. The highest BCUT2D eigenvalue weighted by atomic mass is 32.1. The lowest BCUT2D eigenvalue weighted by Crippen LogP contribution is -2.49. The molecule has 9 heteroatoms. The summed E-state index contributed by atoms with van der Waals surface area (Å²) in [6.45, 7) is 3.62. The third-order valence-corrected chi connectivity index (χ3v) is 7.39. The molecular weight excluding hydrogens is 462 g/mol. The van der Waals surface area contributed by atoms with Crippen molar-refractivity contribution in [1.29, 1.82) is 0 Å². The first-order valence-electron chi connectivity index (χ1n) is 11.7. The van der Waals surface area contributed by atoms with Crippen LogP contribution in [-0.2, 0) is 4.79 Å². The Morgan fingerprint density at radius 1 is 1.03 bits per heavy atom. The van der Waals surface area contributed by atoms with Crippen LogP contribution in [0.15, 0.2) is 65.2 Å². The molecule has 1 aromatic carbocycles. The first-order chi connectivity index (χ1) is 17.2. The molecule has 1 amide bonds. The van der Waals surface area contributed by atoms with Crippen molar-refractivity contribution in [3.8, 4) is 11.5 Å². The molecule has 8 nitrogen and oxygen atoms in total. The molecule has 1 saturated heterocycles. The van der Waals surface area contributed by atoms with E-state index in [0.29, 0.717) is 24.5 Å². The molecule has 5 rings (SSSR count). The first kappa shape index (κ1) is 23.3. The van der Waals surface area contributed by atoms with Crippen molar-refractivity contribution < 1.29 is 14.3 Å². The minimum Gasteiger partial charge on any atom is -0.493 e. The average Bonchev–Trinajstić information content (AvgIpc) is 3.60. The van der Waals surface area contributed by atoms with Gasteiger partial charge in [-0.15, -0.1) is 11.3 Å². The lowest BCUT2D eigenvalue weighted by Gasteiger charge is -2.35. The average molecular weight is 492 g/mol. The van der Waals surface area contributed by atoms with Crippen molar-refractivity contribution in [3.63, 3.8) is 0 Å². The molecule has 0 unspecified atom stereocenters. The highest BCUT2D eigenvalue weighted by molar-refractivity contribution is 7.12. The van der Waals surface area contributed by atoms with Crippen LogP contribution in [0.3, 0.4) is 0 Å². The predicted octanol–water partition coefficient (Wildman–Crippen LogP) is 3.66. The smallest absolute Gasteiger partial charge is 0.257 e. The van der Waals surface area contributed by atoms with Crippen molar-refractivity contribution in [2.24, 2.45) is 5.10 Å². The number of hydrogen-bond donors (Lipinski definition) is 0. The number of aromatic nitrogens is 1. The number of pyridine rings is 1. The van der Waals surface area contributed by atoms with Gasteiger partial charge < -0.3 is 14.4 Å². The number of hydrogen-bond acceptors (Lipinski definition) is 8. The standard InChI is InChI=1S/C26H29N5O3S/c1-33-22-9-8-19(16-23(22)34-2)21-17-20(24-6-5-15-35-24)28-31(21)26(32)18-29-11-13-30(14-12-29)25-7-3-4-10-27-25/h3-10,15-16,21H,11-14,17-18H2,1-2H3/t21-/m0/s1. The molecule has 4 heterocycles. The summed E-state index contributed by atoms with van der Waals surface area (Å²) >= 11 is 1.64. The van der Waals surface area contributed by atoms with Gasteiger partial charge in [0.15, 0.2) is 11.5 Å². The van der Waals surface area contributed by atoms with Crippen LogP contribution in [0, 0.1) is 0 Å². The van der Waals surface area contributed by atoms with Gasteiger partial charge in [-0.25, -0.2) is 9.99 Å². The van der Waals surface area contributed by atoms with Gasteiger partial charge in [0.25, 0.3) is 5.91 Å². The normalized spacial score (nSPS) is 18.5. The summed E-state index contributed by atoms with van der Waals surface area (Å²) in [7, 11) is 3.24. The summed E-state index contributed by atoms with van der Waals surface area (Å²) in [5, 5.41) is 8.51. The maximum Gasteiger partial charge on any atom is 0.257 e. The van der Waals surface area contributed by atoms with E-state index in [0.717, 1.165) is 48.1 Å². The molecule has 0 saturated carbocycles. The maximum absolute atomic E-state index is 13.5. The number of piperazine rings is 1. The van der Waals surface area contributed by atoms with Crippen LogP contribution in [0.5, 0.6) is 11.5 Å². The number of methoxy groups -OCH3 is 2. The quantitative estimate of drug-likeness (QED) is 0.502. The fourth-order valence-electron chi connectivity index (χ4n) is 4.59. The molecule has 0 bridgehead atoms. The van der Waals surface area contributed by atoms with Crippen molar-refractivity contribution in [1.82, 2.24) is 14.9 Å². The van der Waals surface area contributed by atoms with Crippen LogP contribution in [0.2, 0.25) is 0 Å². The van der Waals surface area contributed by atoms with Gasteiger partial charge in [-0.2, -0.15) is 5.10 Å². The minimum atomic E-state index is -0.186. The highest BCUT2D eigenvalue weighted by Gasteiger charge is 2.35. The number of hydrazone groups is 1. The molecule has 0 radical (unpaired) electrons. The fourth-order valence-corrected chi connectivity index (χ4v) is 5.31. The Morgan fingerprint density at radius 2 is 1.86 bits per heavy atom. The largest absolute Gasteiger partial charge is 0.493 e. The van der Waals surface area contributed by atoms with Crippen LogP contribution in [0.25, 0.3) is 0 Å². The molecule has 0 aliphatic carbocycles. The predicted molar refractivity (Wildman–Crippen MR) is 137 cm³/mol. The number of carbonyl (C=O) groups excluding carboxylic acids is 1. The minimum absolute atomic E-state index is 0.00243. The van der Waals surface area contributed by atoms with Gasteiger partial charge in [0.1, 0.15) is 5.82 Å². The molecule has 35 heavy (non-hydrogen) atoms. The van der Waals surface area contributed by atoms with Crippen molar-refractivity contribution >= 4 is 28.8 Å². The topological polar surface area (TPSA) is 70.5 Å². The monoisotopic (exact) mass is 491 g/mol. The van der Waals surface area contributed by atoms with Crippen LogP contribution in [0.1, 0.15) is 22.9 Å². The Labute approximate surface area is 209 Å². The summed E-state index contributed by atoms with van der Waals surface area (Å²) < 4.78 is 10.9. The van der Waals surface area contributed by atoms with Crippen molar-refractivity contribution in [2.75, 3.05) is 51.8 Å². The van der Waals surface area contributed by atoms with Crippen molar-refractivity contribution in [3.05, 3.63) is 70.5 Å². The summed E-state index contributed by atoms with van der Waals surface area (Å²) in [5.74, 6) is 2.30. The lowest BCUT2D eigenvalue weighted by atomic mass is 10.0. The third-order valence-electron chi connectivity index (χ3n) is 6.47. The second-order valence-electron chi connectivity index (χ2n) is 8.55. The zero-order valence-electron chi connectivity index (χ0n) is 20.0. The van der Waals surface area contributed by atoms with E-state index >= 15 is 0 Å². The number of amides is 1. The second kappa shape index (κ2) is 10.5. The molecule has 2 aromatic heterocycles. The lowest BCUT2D eigenvalue weighted by molar-refractivity contribution is -0.134. The molecule has 2 aliphatic rings. The van der Waals surface area contributed by atoms with E-state index in [2.05, 4.69) is 20.9 Å². The Bertz CT molecular complexity index is 1180.